The molecule has 1 aliphatic heterocycles. The fourth-order valence-electron chi connectivity index (χ4n) is 2.84. The van der Waals surface area contributed by atoms with Gasteiger partial charge in [-0.15, -0.1) is 0 Å². The van der Waals surface area contributed by atoms with Crippen molar-refractivity contribution in [1.82, 2.24) is 16.2 Å². The molecule has 1 fully saturated rings. The molecule has 1 aliphatic rings. The van der Waals surface area contributed by atoms with Crippen LogP contribution < -0.4 is 20.9 Å². The summed E-state index contributed by atoms with van der Waals surface area (Å²) in [4.78, 5) is 12.3. The first kappa shape index (κ1) is 20.6. The Bertz CT molecular complexity index is 890. The van der Waals surface area contributed by atoms with E-state index in [-0.39, 0.29) is 12.0 Å². The van der Waals surface area contributed by atoms with Gasteiger partial charge in [0.15, 0.2) is 5.11 Å². The Morgan fingerprint density at radius 2 is 2.07 bits per heavy atom. The Labute approximate surface area is 175 Å². The van der Waals surface area contributed by atoms with Crippen LogP contribution in [0.4, 0.5) is 0 Å². The molecule has 0 aromatic heterocycles. The molecule has 3 rings (SSSR count). The van der Waals surface area contributed by atoms with Gasteiger partial charge in [-0.2, -0.15) is 5.26 Å². The molecule has 7 nitrogen and oxygen atoms in total. The number of nitrogens with one attached hydrogen (secondary N) is 3. The zero-order valence-electron chi connectivity index (χ0n) is 15.8. The van der Waals surface area contributed by atoms with Crippen LogP contribution in [0.2, 0.25) is 0 Å². The van der Waals surface area contributed by atoms with Crippen LogP contribution in [0.25, 0.3) is 0 Å². The minimum absolute atomic E-state index is 0.165. The number of nitriles is 1. The third kappa shape index (κ3) is 6.45. The largest absolute Gasteiger partial charge is 0.489 e. The van der Waals surface area contributed by atoms with Gasteiger partial charge in [0.25, 0.3) is 5.91 Å². The van der Waals surface area contributed by atoms with Gasteiger partial charge in [0.05, 0.1) is 17.7 Å². The molecule has 2 aromatic rings. The van der Waals surface area contributed by atoms with Gasteiger partial charge in [0.1, 0.15) is 12.4 Å². The van der Waals surface area contributed by atoms with Crippen LogP contribution >= 0.6 is 12.2 Å². The predicted molar refractivity (Wildman–Crippen MR) is 112 cm³/mol. The zero-order valence-corrected chi connectivity index (χ0v) is 16.6. The van der Waals surface area contributed by atoms with Crippen LogP contribution in [-0.2, 0) is 11.3 Å². The lowest BCUT2D eigenvalue weighted by atomic mass is 10.1. The maximum atomic E-state index is 12.3. The number of carbonyl (C=O) groups excluding carboxylic acids is 1. The van der Waals surface area contributed by atoms with Crippen LogP contribution in [0.3, 0.4) is 0 Å². The van der Waals surface area contributed by atoms with E-state index in [2.05, 4.69) is 22.2 Å². The number of hydrazine groups is 1. The van der Waals surface area contributed by atoms with Crippen molar-refractivity contribution < 1.29 is 14.3 Å². The molecule has 1 heterocycles. The van der Waals surface area contributed by atoms with Crippen LogP contribution in [0, 0.1) is 11.3 Å². The smallest absolute Gasteiger partial charge is 0.269 e. The molecule has 0 radical (unpaired) electrons. The lowest BCUT2D eigenvalue weighted by Crippen LogP contribution is -2.48. The molecular weight excluding hydrogens is 388 g/mol. The topological polar surface area (TPSA) is 95.4 Å². The summed E-state index contributed by atoms with van der Waals surface area (Å²) in [6, 6.07) is 16.1. The summed E-state index contributed by atoms with van der Waals surface area (Å²) in [7, 11) is 0. The number of ether oxygens (including phenoxy) is 2. The van der Waals surface area contributed by atoms with Gasteiger partial charge < -0.3 is 14.8 Å². The molecule has 150 valence electrons. The van der Waals surface area contributed by atoms with Crippen LogP contribution in [0.15, 0.2) is 48.5 Å². The minimum atomic E-state index is -0.300. The summed E-state index contributed by atoms with van der Waals surface area (Å²) in [5, 5.41) is 12.2. The van der Waals surface area contributed by atoms with Gasteiger partial charge in [0.2, 0.25) is 0 Å². The van der Waals surface area contributed by atoms with Crippen molar-refractivity contribution in [3.05, 3.63) is 65.2 Å². The van der Waals surface area contributed by atoms with Crippen molar-refractivity contribution in [3.8, 4) is 11.8 Å². The fraction of sp³-hybridized carbons (Fsp3) is 0.286. The fourth-order valence-corrected chi connectivity index (χ4v) is 2.97. The molecule has 1 saturated heterocycles. The number of carbonyl (C=O) groups is 1. The summed E-state index contributed by atoms with van der Waals surface area (Å²) >= 11 is 5.16. The summed E-state index contributed by atoms with van der Waals surface area (Å²) in [6.07, 6.45) is 2.24. The number of hydrogen-bond acceptors (Lipinski definition) is 5. The molecule has 1 atom stereocenters. The first-order valence-corrected chi connectivity index (χ1v) is 9.72. The highest BCUT2D eigenvalue weighted by Gasteiger charge is 2.15. The molecule has 0 bridgehead atoms. The molecule has 2 aromatic carbocycles. The van der Waals surface area contributed by atoms with Crippen molar-refractivity contribution in [2.24, 2.45) is 0 Å². The highest BCUT2D eigenvalue weighted by Crippen LogP contribution is 2.14. The average Bonchev–Trinajstić information content (AvgIpc) is 3.29. The standard InChI is InChI=1S/C21H22N4O3S/c22-12-15-6-8-18(9-7-15)28-14-16-3-1-4-17(11-16)20(26)24-25-21(29)23-13-19-5-2-10-27-19/h1,3-4,6-9,11,19H,2,5,10,13-14H2,(H,24,26)(H2,23,25,29)/t19-/m1/s1. The highest BCUT2D eigenvalue weighted by atomic mass is 32.1. The van der Waals surface area contributed by atoms with Gasteiger partial charge in [-0.25, -0.2) is 0 Å². The zero-order chi connectivity index (χ0) is 20.5. The first-order chi connectivity index (χ1) is 14.1. The highest BCUT2D eigenvalue weighted by molar-refractivity contribution is 7.80. The molecule has 8 heteroatoms. The quantitative estimate of drug-likeness (QED) is 0.497. The van der Waals surface area contributed by atoms with E-state index in [1.54, 1.807) is 42.5 Å². The number of nitrogens with zero attached hydrogens (tertiary/aromatic N) is 1. The van der Waals surface area contributed by atoms with Gasteiger partial charge >= 0.3 is 0 Å². The predicted octanol–water partition coefficient (Wildman–Crippen LogP) is 2.43. The van der Waals surface area contributed by atoms with E-state index in [4.69, 9.17) is 27.0 Å². The van der Waals surface area contributed by atoms with Crippen molar-refractivity contribution in [1.29, 1.82) is 5.26 Å². The Kier molecular flexibility index (Phi) is 7.39. The molecule has 0 aliphatic carbocycles. The normalized spacial score (nSPS) is 15.2. The second kappa shape index (κ2) is 10.4. The van der Waals surface area contributed by atoms with E-state index in [0.29, 0.717) is 35.1 Å². The maximum absolute atomic E-state index is 12.3. The third-order valence-corrected chi connectivity index (χ3v) is 4.63. The molecule has 0 saturated carbocycles. The Balaban J connectivity index is 1.45. The Morgan fingerprint density at radius 1 is 1.24 bits per heavy atom. The Morgan fingerprint density at radius 3 is 2.79 bits per heavy atom. The maximum Gasteiger partial charge on any atom is 0.269 e. The van der Waals surface area contributed by atoms with Gasteiger partial charge in [-0.05, 0) is 67.0 Å². The van der Waals surface area contributed by atoms with E-state index < -0.39 is 0 Å². The van der Waals surface area contributed by atoms with E-state index in [1.807, 2.05) is 6.07 Å². The van der Waals surface area contributed by atoms with Crippen molar-refractivity contribution in [2.75, 3.05) is 13.2 Å². The lowest BCUT2D eigenvalue weighted by Gasteiger charge is -2.14. The summed E-state index contributed by atoms with van der Waals surface area (Å²) < 4.78 is 11.2. The summed E-state index contributed by atoms with van der Waals surface area (Å²) in [6.45, 7) is 1.71. The van der Waals surface area contributed by atoms with Gasteiger partial charge in [-0.1, -0.05) is 12.1 Å². The minimum Gasteiger partial charge on any atom is -0.489 e. The number of benzene rings is 2. The third-order valence-electron chi connectivity index (χ3n) is 4.38. The molecular formula is C21H22N4O3S. The number of rotatable bonds is 6. The van der Waals surface area contributed by atoms with E-state index >= 15 is 0 Å². The number of thiocarbonyl (C=S) groups is 1. The second-order valence-corrected chi connectivity index (χ2v) is 6.96. The number of amides is 1. The SMILES string of the molecule is N#Cc1ccc(OCc2cccc(C(=O)NNC(=S)NC[C@H]3CCCO3)c2)cc1. The average molecular weight is 410 g/mol. The van der Waals surface area contributed by atoms with Crippen molar-refractivity contribution >= 4 is 23.2 Å². The van der Waals surface area contributed by atoms with Gasteiger partial charge in [-0.3, -0.25) is 15.6 Å². The summed E-state index contributed by atoms with van der Waals surface area (Å²) in [5.41, 5.74) is 7.19. The summed E-state index contributed by atoms with van der Waals surface area (Å²) in [5.74, 6) is 0.356. The first-order valence-electron chi connectivity index (χ1n) is 9.32. The number of hydrogen-bond donors (Lipinski definition) is 3. The van der Waals surface area contributed by atoms with Crippen LogP contribution in [0.1, 0.15) is 34.3 Å². The molecule has 0 unspecified atom stereocenters. The molecule has 3 N–H and O–H groups in total. The monoisotopic (exact) mass is 410 g/mol. The van der Waals surface area contributed by atoms with E-state index in [1.165, 1.54) is 0 Å². The van der Waals surface area contributed by atoms with Gasteiger partial charge in [0, 0.05) is 18.7 Å². The second-order valence-electron chi connectivity index (χ2n) is 6.55. The van der Waals surface area contributed by atoms with Crippen molar-refractivity contribution in [2.45, 2.75) is 25.6 Å². The van der Waals surface area contributed by atoms with Crippen molar-refractivity contribution in [3.63, 3.8) is 0 Å². The van der Waals surface area contributed by atoms with E-state index in [9.17, 15) is 4.79 Å². The Hall–Kier alpha value is -3.15. The van der Waals surface area contributed by atoms with Crippen LogP contribution in [0.5, 0.6) is 5.75 Å². The molecule has 29 heavy (non-hydrogen) atoms. The lowest BCUT2D eigenvalue weighted by molar-refractivity contribution is 0.0943. The van der Waals surface area contributed by atoms with E-state index in [0.717, 1.165) is 25.0 Å². The van der Waals surface area contributed by atoms with Crippen LogP contribution in [-0.4, -0.2) is 30.3 Å². The molecule has 0 spiro atoms. The molecule has 1 amide bonds.